The van der Waals surface area contributed by atoms with Crippen LogP contribution in [0.25, 0.3) is 0 Å². The number of nitrogens with two attached hydrogens (primary N) is 1. The number of carbonyl (C=O) groups is 2. The van der Waals surface area contributed by atoms with Gasteiger partial charge in [-0.1, -0.05) is 0 Å². The average molecular weight is 353 g/mol. The first-order valence-electron chi connectivity index (χ1n) is 3.37. The SMILES string of the molecule is N[C@@H](CCC(=O)[O-])C(=O)[O-].O=S(=O)([O-])[O-].[Fe+2].[Fe+2]. The molecule has 12 heteroatoms. The summed E-state index contributed by atoms with van der Waals surface area (Å²) in [5.41, 5.74) is 4.91. The molecule has 0 bridgehead atoms. The largest absolute Gasteiger partial charge is 2.00 e. The topological polar surface area (TPSA) is 187 Å². The van der Waals surface area contributed by atoms with Crippen molar-refractivity contribution in [2.45, 2.75) is 18.9 Å². The van der Waals surface area contributed by atoms with Crippen molar-refractivity contribution in [3.05, 3.63) is 0 Å². The van der Waals surface area contributed by atoms with Crippen molar-refractivity contribution in [1.82, 2.24) is 0 Å². The van der Waals surface area contributed by atoms with Gasteiger partial charge >= 0.3 is 34.1 Å². The van der Waals surface area contributed by atoms with Crippen molar-refractivity contribution in [1.29, 1.82) is 0 Å². The van der Waals surface area contributed by atoms with Gasteiger partial charge in [0.1, 0.15) is 0 Å². The Morgan fingerprint density at radius 1 is 1.12 bits per heavy atom. The van der Waals surface area contributed by atoms with Crippen LogP contribution in [0.2, 0.25) is 0 Å². The van der Waals surface area contributed by atoms with Crippen molar-refractivity contribution in [3.8, 4) is 0 Å². The van der Waals surface area contributed by atoms with Gasteiger partial charge in [0.05, 0.1) is 5.97 Å². The van der Waals surface area contributed by atoms with Gasteiger partial charge in [0.25, 0.3) is 0 Å². The molecule has 0 aromatic rings. The maximum Gasteiger partial charge on any atom is 2.00 e. The normalized spacial score (nSPS) is 10.8. The van der Waals surface area contributed by atoms with Crippen LogP contribution in [0.1, 0.15) is 12.8 Å². The molecule has 0 amide bonds. The van der Waals surface area contributed by atoms with E-state index in [9.17, 15) is 19.8 Å². The van der Waals surface area contributed by atoms with Crippen LogP contribution in [-0.2, 0) is 54.1 Å². The number of aliphatic carboxylic acids is 2. The summed E-state index contributed by atoms with van der Waals surface area (Å²) in [7, 11) is -5.17. The van der Waals surface area contributed by atoms with Gasteiger partial charge in [0, 0.05) is 22.4 Å². The number of carboxylic acid groups (broad SMARTS) is 2. The summed E-state index contributed by atoms with van der Waals surface area (Å²) in [6.07, 6.45) is -0.500. The summed E-state index contributed by atoms with van der Waals surface area (Å²) < 4.78 is 34.1. The first kappa shape index (κ1) is 25.6. The van der Waals surface area contributed by atoms with Crippen molar-refractivity contribution < 1.29 is 71.5 Å². The molecule has 0 saturated carbocycles. The van der Waals surface area contributed by atoms with Crippen LogP contribution in [0.5, 0.6) is 0 Å². The van der Waals surface area contributed by atoms with Crippen LogP contribution in [0.4, 0.5) is 0 Å². The Morgan fingerprint density at radius 3 is 1.59 bits per heavy atom. The molecule has 1 atom stereocenters. The van der Waals surface area contributed by atoms with Gasteiger partial charge in [-0.2, -0.15) is 0 Å². The zero-order chi connectivity index (χ0) is 12.6. The van der Waals surface area contributed by atoms with Gasteiger partial charge in [-0.15, -0.1) is 0 Å². The molecule has 0 unspecified atom stereocenters. The van der Waals surface area contributed by atoms with Crippen molar-refractivity contribution >= 4 is 22.3 Å². The number of carboxylic acids is 2. The van der Waals surface area contributed by atoms with E-state index in [1.165, 1.54) is 0 Å². The summed E-state index contributed by atoms with van der Waals surface area (Å²) in [5.74, 6) is -2.75. The molecule has 0 aliphatic carbocycles. The number of hydrogen-bond donors (Lipinski definition) is 1. The first-order valence-corrected chi connectivity index (χ1v) is 4.70. The zero-order valence-electron chi connectivity index (χ0n) is 7.95. The Balaban J connectivity index is -0.000000105. The quantitative estimate of drug-likeness (QED) is 0.294. The van der Waals surface area contributed by atoms with Crippen LogP contribution >= 0.6 is 0 Å². The van der Waals surface area contributed by atoms with Crippen LogP contribution < -0.4 is 15.9 Å². The molecule has 0 heterocycles. The van der Waals surface area contributed by atoms with E-state index in [0.29, 0.717) is 0 Å². The fourth-order valence-corrected chi connectivity index (χ4v) is 0.391. The summed E-state index contributed by atoms with van der Waals surface area (Å²) in [4.78, 5) is 19.6. The summed E-state index contributed by atoms with van der Waals surface area (Å²) >= 11 is 0. The van der Waals surface area contributed by atoms with Crippen LogP contribution in [-0.4, -0.2) is 35.5 Å². The second-order valence-corrected chi connectivity index (χ2v) is 3.06. The van der Waals surface area contributed by atoms with Crippen molar-refractivity contribution in [2.24, 2.45) is 5.73 Å². The maximum atomic E-state index is 9.86. The minimum atomic E-state index is -5.17. The molecule has 0 aliphatic heterocycles. The van der Waals surface area contributed by atoms with Crippen LogP contribution in [0.15, 0.2) is 0 Å². The van der Waals surface area contributed by atoms with E-state index in [4.69, 9.17) is 23.3 Å². The zero-order valence-corrected chi connectivity index (χ0v) is 11.0. The third-order valence-corrected chi connectivity index (χ3v) is 0.962. The third kappa shape index (κ3) is 38.8. The Kier molecular flexibility index (Phi) is 18.5. The molecule has 0 radical (unpaired) electrons. The number of carbonyl (C=O) groups excluding carboxylic acids is 2. The van der Waals surface area contributed by atoms with Gasteiger partial charge in [0.15, 0.2) is 0 Å². The monoisotopic (exact) mass is 353 g/mol. The van der Waals surface area contributed by atoms with E-state index < -0.39 is 28.4 Å². The van der Waals surface area contributed by atoms with Gasteiger partial charge < -0.3 is 34.6 Å². The maximum absolute atomic E-state index is 9.86. The fraction of sp³-hybridized carbons (Fsp3) is 0.600. The van der Waals surface area contributed by atoms with E-state index in [2.05, 4.69) is 0 Å². The Hall–Kier alpha value is -0.191. The predicted molar refractivity (Wildman–Crippen MR) is 37.7 cm³/mol. The number of rotatable bonds is 4. The molecule has 0 aromatic carbocycles. The fourth-order valence-electron chi connectivity index (χ4n) is 0.391. The molecule has 0 aliphatic rings. The predicted octanol–water partition coefficient (Wildman–Crippen LogP) is -4.75. The van der Waals surface area contributed by atoms with Gasteiger partial charge in [-0.25, -0.2) is 0 Å². The molecule has 0 spiro atoms. The minimum Gasteiger partial charge on any atom is -0.759 e. The molecule has 17 heavy (non-hydrogen) atoms. The van der Waals surface area contributed by atoms with Gasteiger partial charge in [0.2, 0.25) is 0 Å². The molecule has 2 N–H and O–H groups in total. The number of hydrogen-bond acceptors (Lipinski definition) is 9. The molecular formula is C5H7Fe2NO8S. The van der Waals surface area contributed by atoms with E-state index in [1.807, 2.05) is 0 Å². The average Bonchev–Trinajstić information content (AvgIpc) is 1.96. The Morgan fingerprint density at radius 2 is 1.41 bits per heavy atom. The van der Waals surface area contributed by atoms with E-state index in [1.54, 1.807) is 0 Å². The molecule has 0 rings (SSSR count). The van der Waals surface area contributed by atoms with Crippen LogP contribution in [0, 0.1) is 0 Å². The third-order valence-electron chi connectivity index (χ3n) is 0.962. The minimum absolute atomic E-state index is 0. The van der Waals surface area contributed by atoms with Crippen molar-refractivity contribution in [3.63, 3.8) is 0 Å². The second kappa shape index (κ2) is 12.3. The van der Waals surface area contributed by atoms with Gasteiger partial charge in [-0.05, 0) is 12.8 Å². The van der Waals surface area contributed by atoms with Crippen LogP contribution in [0.3, 0.4) is 0 Å². The molecule has 0 fully saturated rings. The standard InChI is InChI=1S/C5H9NO4.2Fe.H2O4S/c6-3(5(9)10)1-2-4(7)8;;;1-5(2,3)4/h3H,1-2,6H2,(H,7,8)(H,9,10);;;(H2,1,2,3,4)/q;2*+2;/p-4/t3-;;;/m0.../s1. The smallest absolute Gasteiger partial charge is 0.759 e. The van der Waals surface area contributed by atoms with Crippen molar-refractivity contribution in [2.75, 3.05) is 0 Å². The molecule has 102 valence electrons. The van der Waals surface area contributed by atoms with E-state index in [-0.39, 0.29) is 47.0 Å². The Bertz CT molecular complexity index is 310. The first-order chi connectivity index (χ1) is 6.54. The summed E-state index contributed by atoms with van der Waals surface area (Å²) in [5, 5.41) is 19.6. The Labute approximate surface area is 118 Å². The summed E-state index contributed by atoms with van der Waals surface area (Å²) in [6, 6.07) is -1.21. The summed E-state index contributed by atoms with van der Waals surface area (Å²) in [6.45, 7) is 0. The van der Waals surface area contributed by atoms with E-state index in [0.717, 1.165) is 0 Å². The van der Waals surface area contributed by atoms with Gasteiger partial charge in [-0.3, -0.25) is 8.42 Å². The molecule has 0 saturated heterocycles. The molecular weight excluding hydrogens is 346 g/mol. The second-order valence-electron chi connectivity index (χ2n) is 2.24. The molecule has 0 aromatic heterocycles. The van der Waals surface area contributed by atoms with E-state index >= 15 is 0 Å². The molecule has 9 nitrogen and oxygen atoms in total.